The molecule has 178 valence electrons. The van der Waals surface area contributed by atoms with Gasteiger partial charge in [0.1, 0.15) is 5.60 Å². The van der Waals surface area contributed by atoms with Crippen LogP contribution in [-0.4, -0.2) is 39.6 Å². The van der Waals surface area contributed by atoms with Gasteiger partial charge in [-0.1, -0.05) is 0 Å². The molecule has 0 saturated carbocycles. The molecule has 0 fully saturated rings. The van der Waals surface area contributed by atoms with Gasteiger partial charge in [-0.2, -0.15) is 5.26 Å². The highest BCUT2D eigenvalue weighted by Gasteiger charge is 2.25. The Balaban J connectivity index is 2.11. The van der Waals surface area contributed by atoms with Gasteiger partial charge in [0.2, 0.25) is 0 Å². The number of ether oxygens (including phenoxy) is 2. The maximum absolute atomic E-state index is 13.2. The van der Waals surface area contributed by atoms with Gasteiger partial charge in [-0.15, -0.1) is 11.8 Å². The number of carbonyl (C=O) groups excluding carboxylic acids is 2. The van der Waals surface area contributed by atoms with Gasteiger partial charge in [0.25, 0.3) is 0 Å². The fraction of sp³-hybridized carbons (Fsp3) is 0.385. The third-order valence-electron chi connectivity index (χ3n) is 5.03. The molecule has 3 aromatic rings. The Morgan fingerprint density at radius 2 is 1.85 bits per heavy atom. The summed E-state index contributed by atoms with van der Waals surface area (Å²) < 4.78 is 12.2. The standard InChI is InChI=1S/C26H29N3O4S/c1-7-32-23(30)15-34-19-8-9-21-17(12-19)13-22(29(21)24(31)33-25(2,3)4)20-14-18(10-11-28-20)26(5,6)16-27/h8-14H,7,15H2,1-6H3. The molecule has 0 radical (unpaired) electrons. The molecule has 0 saturated heterocycles. The number of pyridine rings is 1. The molecular formula is C26H29N3O4S. The van der Waals surface area contributed by atoms with Crippen molar-refractivity contribution < 1.29 is 19.1 Å². The van der Waals surface area contributed by atoms with Gasteiger partial charge >= 0.3 is 12.1 Å². The zero-order chi connectivity index (χ0) is 25.1. The van der Waals surface area contributed by atoms with Crippen LogP contribution in [0.15, 0.2) is 47.5 Å². The van der Waals surface area contributed by atoms with Gasteiger partial charge in [-0.05, 0) is 83.5 Å². The monoisotopic (exact) mass is 479 g/mol. The maximum atomic E-state index is 13.2. The van der Waals surface area contributed by atoms with E-state index >= 15 is 0 Å². The van der Waals surface area contributed by atoms with E-state index < -0.39 is 17.1 Å². The van der Waals surface area contributed by atoms with Crippen molar-refractivity contribution >= 4 is 34.7 Å². The second-order valence-electron chi connectivity index (χ2n) is 9.33. The predicted octanol–water partition coefficient (Wildman–Crippen LogP) is 5.94. The Morgan fingerprint density at radius 3 is 2.50 bits per heavy atom. The summed E-state index contributed by atoms with van der Waals surface area (Å²) in [4.78, 5) is 30.3. The van der Waals surface area contributed by atoms with Crippen molar-refractivity contribution in [3.63, 3.8) is 0 Å². The zero-order valence-corrected chi connectivity index (χ0v) is 21.2. The molecule has 0 unspecified atom stereocenters. The van der Waals surface area contributed by atoms with Crippen molar-refractivity contribution in [1.29, 1.82) is 5.26 Å². The molecule has 8 heteroatoms. The summed E-state index contributed by atoms with van der Waals surface area (Å²) in [5.41, 5.74) is 1.19. The van der Waals surface area contributed by atoms with E-state index in [1.54, 1.807) is 19.2 Å². The van der Waals surface area contributed by atoms with Crippen LogP contribution in [-0.2, 0) is 19.7 Å². The molecule has 1 aromatic carbocycles. The van der Waals surface area contributed by atoms with Crippen molar-refractivity contribution in [2.24, 2.45) is 0 Å². The number of esters is 1. The van der Waals surface area contributed by atoms with Crippen LogP contribution in [0.1, 0.15) is 47.1 Å². The molecule has 0 bridgehead atoms. The van der Waals surface area contributed by atoms with E-state index in [0.29, 0.717) is 23.5 Å². The molecule has 3 rings (SSSR count). The van der Waals surface area contributed by atoms with Crippen LogP contribution in [0.25, 0.3) is 22.3 Å². The number of nitrogens with zero attached hydrogens (tertiary/aromatic N) is 3. The van der Waals surface area contributed by atoms with Crippen LogP contribution in [0, 0.1) is 11.3 Å². The number of aromatic nitrogens is 2. The lowest BCUT2D eigenvalue weighted by Gasteiger charge is -2.21. The number of nitriles is 1. The summed E-state index contributed by atoms with van der Waals surface area (Å²) >= 11 is 1.37. The Morgan fingerprint density at radius 1 is 1.12 bits per heavy atom. The largest absolute Gasteiger partial charge is 0.465 e. The van der Waals surface area contributed by atoms with Gasteiger partial charge < -0.3 is 9.47 Å². The Labute approximate surface area is 204 Å². The summed E-state index contributed by atoms with van der Waals surface area (Å²) in [5, 5.41) is 10.4. The zero-order valence-electron chi connectivity index (χ0n) is 20.3. The first-order chi connectivity index (χ1) is 15.9. The normalized spacial score (nSPS) is 11.8. The SMILES string of the molecule is CCOC(=O)CSc1ccc2c(c1)cc(-c1cc(C(C)(C)C#N)ccn1)n2C(=O)OC(C)(C)C. The molecule has 7 nitrogen and oxygen atoms in total. The van der Waals surface area contributed by atoms with Crippen LogP contribution < -0.4 is 0 Å². The quantitative estimate of drug-likeness (QED) is 0.319. The lowest BCUT2D eigenvalue weighted by molar-refractivity contribution is -0.139. The van der Waals surface area contributed by atoms with Crippen LogP contribution in [0.5, 0.6) is 0 Å². The van der Waals surface area contributed by atoms with Crippen molar-refractivity contribution in [1.82, 2.24) is 9.55 Å². The Hall–Kier alpha value is -3.31. The fourth-order valence-corrected chi connectivity index (χ4v) is 4.09. The third kappa shape index (κ3) is 5.78. The summed E-state index contributed by atoms with van der Waals surface area (Å²) in [7, 11) is 0. The van der Waals surface area contributed by atoms with E-state index in [-0.39, 0.29) is 11.7 Å². The second-order valence-corrected chi connectivity index (χ2v) is 10.4. The highest BCUT2D eigenvalue weighted by molar-refractivity contribution is 8.00. The van der Waals surface area contributed by atoms with E-state index in [2.05, 4.69) is 11.1 Å². The first kappa shape index (κ1) is 25.3. The smallest absolute Gasteiger partial charge is 0.419 e. The molecule has 0 aliphatic rings. The van der Waals surface area contributed by atoms with Gasteiger partial charge in [-0.25, -0.2) is 9.36 Å². The molecule has 0 spiro atoms. The second kappa shape index (κ2) is 9.90. The van der Waals surface area contributed by atoms with Crippen molar-refractivity contribution in [2.45, 2.75) is 57.5 Å². The molecule has 0 aliphatic carbocycles. The molecule has 2 aromatic heterocycles. The van der Waals surface area contributed by atoms with Gasteiger partial charge in [0.15, 0.2) is 0 Å². The molecular weight excluding hydrogens is 450 g/mol. The lowest BCUT2D eigenvalue weighted by Crippen LogP contribution is -2.27. The topological polar surface area (TPSA) is 94.2 Å². The average Bonchev–Trinajstić information content (AvgIpc) is 3.16. The van der Waals surface area contributed by atoms with Gasteiger partial charge in [-0.3, -0.25) is 9.78 Å². The first-order valence-corrected chi connectivity index (χ1v) is 12.0. The lowest BCUT2D eigenvalue weighted by atomic mass is 9.86. The van der Waals surface area contributed by atoms with Crippen LogP contribution in [0.2, 0.25) is 0 Å². The molecule has 0 aliphatic heterocycles. The molecule has 0 amide bonds. The van der Waals surface area contributed by atoms with E-state index in [4.69, 9.17) is 9.47 Å². The highest BCUT2D eigenvalue weighted by Crippen LogP contribution is 2.33. The number of fused-ring (bicyclic) bond motifs is 1. The van der Waals surface area contributed by atoms with Gasteiger partial charge in [0.05, 0.1) is 40.7 Å². The summed E-state index contributed by atoms with van der Waals surface area (Å²) in [6.45, 7) is 11.2. The fourth-order valence-electron chi connectivity index (χ4n) is 3.34. The van der Waals surface area contributed by atoms with E-state index in [9.17, 15) is 14.9 Å². The third-order valence-corrected chi connectivity index (χ3v) is 6.00. The Kier molecular flexibility index (Phi) is 7.37. The predicted molar refractivity (Wildman–Crippen MR) is 133 cm³/mol. The Bertz CT molecular complexity index is 1270. The summed E-state index contributed by atoms with van der Waals surface area (Å²) in [6, 6.07) is 13.4. The number of rotatable bonds is 6. The first-order valence-electron chi connectivity index (χ1n) is 11.0. The van der Waals surface area contributed by atoms with Crippen LogP contribution in [0.4, 0.5) is 4.79 Å². The number of carbonyl (C=O) groups is 2. The van der Waals surface area contributed by atoms with Crippen molar-refractivity contribution in [2.75, 3.05) is 12.4 Å². The van der Waals surface area contributed by atoms with Crippen molar-refractivity contribution in [3.8, 4) is 17.5 Å². The number of hydrogen-bond acceptors (Lipinski definition) is 7. The number of thioether (sulfide) groups is 1. The van der Waals surface area contributed by atoms with Crippen molar-refractivity contribution in [3.05, 3.63) is 48.2 Å². The van der Waals surface area contributed by atoms with E-state index in [1.807, 2.05) is 65.0 Å². The van der Waals surface area contributed by atoms with Crippen LogP contribution >= 0.6 is 11.8 Å². The average molecular weight is 480 g/mol. The molecule has 0 N–H and O–H groups in total. The molecule has 34 heavy (non-hydrogen) atoms. The molecule has 0 atom stereocenters. The minimum atomic E-state index is -0.711. The number of hydrogen-bond donors (Lipinski definition) is 0. The number of benzene rings is 1. The van der Waals surface area contributed by atoms with Gasteiger partial charge in [0, 0.05) is 16.5 Å². The minimum absolute atomic E-state index is 0.200. The van der Waals surface area contributed by atoms with E-state index in [1.165, 1.54) is 16.3 Å². The summed E-state index contributed by atoms with van der Waals surface area (Å²) in [5.74, 6) is -0.0769. The minimum Gasteiger partial charge on any atom is -0.465 e. The van der Waals surface area contributed by atoms with Crippen LogP contribution in [0.3, 0.4) is 0 Å². The maximum Gasteiger partial charge on any atom is 0.419 e. The molecule has 2 heterocycles. The van der Waals surface area contributed by atoms with E-state index in [0.717, 1.165) is 15.8 Å². The summed E-state index contributed by atoms with van der Waals surface area (Å²) in [6.07, 6.45) is 1.12. The highest BCUT2D eigenvalue weighted by atomic mass is 32.2.